The Bertz CT molecular complexity index is 1280. The average Bonchev–Trinajstić information content (AvgIpc) is 3.13. The van der Waals surface area contributed by atoms with Gasteiger partial charge in [-0.2, -0.15) is 0 Å². The highest BCUT2D eigenvalue weighted by atomic mass is 14.6. The Hall–Kier alpha value is -3.32. The number of aryl methyl sites for hydroxylation is 1. The first-order valence-corrected chi connectivity index (χ1v) is 10.7. The predicted molar refractivity (Wildman–Crippen MR) is 125 cm³/mol. The number of hydrogen-bond acceptors (Lipinski definition) is 1. The standard InChI is InChI=1S/C29H25N/c1-18-12-13-25-21(16-18)22-17-28(2,3)27(30)15-14-26(22)29(25)23-10-6-4-8-19(23)20-9-5-7-11-24(20)29/h4-17H,30H2,1-3H3. The fraction of sp³-hybridized carbons (Fsp3) is 0.172. The van der Waals surface area contributed by atoms with Gasteiger partial charge in [-0.25, -0.2) is 0 Å². The zero-order valence-corrected chi connectivity index (χ0v) is 17.7. The normalized spacial score (nSPS) is 19.1. The average molecular weight is 388 g/mol. The molecule has 0 radical (unpaired) electrons. The van der Waals surface area contributed by atoms with Crippen LogP contribution < -0.4 is 5.73 Å². The molecule has 0 saturated heterocycles. The number of allylic oxidation sites excluding steroid dienone is 5. The van der Waals surface area contributed by atoms with Crippen LogP contribution in [0.5, 0.6) is 0 Å². The molecule has 6 rings (SSSR count). The number of fused-ring (bicyclic) bond motifs is 10. The van der Waals surface area contributed by atoms with Crippen LogP contribution in [0.1, 0.15) is 41.7 Å². The van der Waals surface area contributed by atoms with Crippen molar-refractivity contribution < 1.29 is 0 Å². The van der Waals surface area contributed by atoms with Crippen molar-refractivity contribution in [3.05, 3.63) is 124 Å². The molecule has 1 heteroatoms. The van der Waals surface area contributed by atoms with Gasteiger partial charge in [-0.15, -0.1) is 0 Å². The molecule has 0 saturated carbocycles. The summed E-state index contributed by atoms with van der Waals surface area (Å²) in [6.45, 7) is 6.60. The Morgan fingerprint density at radius 1 is 0.700 bits per heavy atom. The summed E-state index contributed by atoms with van der Waals surface area (Å²) in [4.78, 5) is 0. The summed E-state index contributed by atoms with van der Waals surface area (Å²) in [6, 6.07) is 24.8. The molecule has 0 fully saturated rings. The third-order valence-corrected chi connectivity index (χ3v) is 7.19. The summed E-state index contributed by atoms with van der Waals surface area (Å²) in [5.41, 5.74) is 19.0. The van der Waals surface area contributed by atoms with Crippen molar-refractivity contribution in [1.82, 2.24) is 0 Å². The van der Waals surface area contributed by atoms with Crippen molar-refractivity contribution in [1.29, 1.82) is 0 Å². The molecule has 1 nitrogen and oxygen atoms in total. The van der Waals surface area contributed by atoms with Gasteiger partial charge in [0.15, 0.2) is 0 Å². The first-order valence-electron chi connectivity index (χ1n) is 10.7. The van der Waals surface area contributed by atoms with E-state index in [-0.39, 0.29) is 10.8 Å². The van der Waals surface area contributed by atoms with E-state index in [1.54, 1.807) is 0 Å². The summed E-state index contributed by atoms with van der Waals surface area (Å²) in [6.07, 6.45) is 6.79. The number of benzene rings is 3. The van der Waals surface area contributed by atoms with E-state index in [0.717, 1.165) is 5.70 Å². The number of hydrogen-bond donors (Lipinski definition) is 1. The van der Waals surface area contributed by atoms with Crippen LogP contribution in [-0.2, 0) is 5.41 Å². The minimum absolute atomic E-state index is 0.197. The third-order valence-electron chi connectivity index (χ3n) is 7.19. The van der Waals surface area contributed by atoms with Gasteiger partial charge in [-0.1, -0.05) is 98.3 Å². The molecule has 2 N–H and O–H groups in total. The highest BCUT2D eigenvalue weighted by Crippen LogP contribution is 2.64. The first-order chi connectivity index (χ1) is 14.4. The van der Waals surface area contributed by atoms with Crippen LogP contribution in [-0.4, -0.2) is 0 Å². The van der Waals surface area contributed by atoms with Crippen molar-refractivity contribution in [2.75, 3.05) is 0 Å². The van der Waals surface area contributed by atoms with Crippen LogP contribution in [0.15, 0.2) is 96.2 Å². The molecular formula is C29H25N. The van der Waals surface area contributed by atoms with Gasteiger partial charge in [-0.3, -0.25) is 0 Å². The lowest BCUT2D eigenvalue weighted by Gasteiger charge is -2.30. The van der Waals surface area contributed by atoms with E-state index in [9.17, 15) is 0 Å². The van der Waals surface area contributed by atoms with E-state index in [1.807, 2.05) is 0 Å². The monoisotopic (exact) mass is 387 g/mol. The molecule has 1 spiro atoms. The summed E-state index contributed by atoms with van der Waals surface area (Å²) >= 11 is 0. The van der Waals surface area contributed by atoms with E-state index < -0.39 is 0 Å². The Labute approximate surface area is 178 Å². The summed E-state index contributed by atoms with van der Waals surface area (Å²) in [5.74, 6) is 0. The molecule has 30 heavy (non-hydrogen) atoms. The van der Waals surface area contributed by atoms with Gasteiger partial charge in [0.05, 0.1) is 5.41 Å². The van der Waals surface area contributed by atoms with Crippen LogP contribution in [0, 0.1) is 12.3 Å². The maximum atomic E-state index is 6.51. The Morgan fingerprint density at radius 3 is 1.97 bits per heavy atom. The van der Waals surface area contributed by atoms with Gasteiger partial charge >= 0.3 is 0 Å². The molecule has 3 aliphatic rings. The Morgan fingerprint density at radius 2 is 1.30 bits per heavy atom. The molecule has 3 aliphatic carbocycles. The summed E-state index contributed by atoms with van der Waals surface area (Å²) in [5, 5.41) is 0. The van der Waals surface area contributed by atoms with Crippen LogP contribution in [0.3, 0.4) is 0 Å². The summed E-state index contributed by atoms with van der Waals surface area (Å²) < 4.78 is 0. The van der Waals surface area contributed by atoms with E-state index in [1.165, 1.54) is 50.1 Å². The lowest BCUT2D eigenvalue weighted by atomic mass is 9.70. The van der Waals surface area contributed by atoms with Gasteiger partial charge in [-0.05, 0) is 57.5 Å². The van der Waals surface area contributed by atoms with Crippen LogP contribution >= 0.6 is 0 Å². The second-order valence-electron chi connectivity index (χ2n) is 9.37. The second-order valence-corrected chi connectivity index (χ2v) is 9.37. The first kappa shape index (κ1) is 17.5. The SMILES string of the molecule is Cc1ccc2c(c1)C1=CC(C)(C)C(N)=CC=C1C21c2ccccc2-c2ccccc21. The van der Waals surface area contributed by atoms with Gasteiger partial charge in [0, 0.05) is 11.1 Å². The van der Waals surface area contributed by atoms with E-state index >= 15 is 0 Å². The van der Waals surface area contributed by atoms with Gasteiger partial charge in [0.2, 0.25) is 0 Å². The zero-order valence-electron chi connectivity index (χ0n) is 17.7. The molecule has 0 amide bonds. The predicted octanol–water partition coefficient (Wildman–Crippen LogP) is 6.52. The van der Waals surface area contributed by atoms with E-state index in [0.29, 0.717) is 0 Å². The van der Waals surface area contributed by atoms with Crippen molar-refractivity contribution >= 4 is 5.57 Å². The minimum atomic E-state index is -0.292. The minimum Gasteiger partial charge on any atom is -0.401 e. The molecule has 0 unspecified atom stereocenters. The molecule has 146 valence electrons. The molecule has 0 heterocycles. The largest absolute Gasteiger partial charge is 0.401 e. The maximum absolute atomic E-state index is 6.51. The quantitative estimate of drug-likeness (QED) is 0.467. The fourth-order valence-electron chi connectivity index (χ4n) is 5.72. The number of rotatable bonds is 0. The van der Waals surface area contributed by atoms with Gasteiger partial charge < -0.3 is 5.73 Å². The van der Waals surface area contributed by atoms with Crippen LogP contribution in [0.4, 0.5) is 0 Å². The van der Waals surface area contributed by atoms with Crippen molar-refractivity contribution in [3.8, 4) is 11.1 Å². The van der Waals surface area contributed by atoms with Crippen molar-refractivity contribution in [3.63, 3.8) is 0 Å². The molecule has 3 aromatic carbocycles. The van der Waals surface area contributed by atoms with Gasteiger partial charge in [0.1, 0.15) is 0 Å². The maximum Gasteiger partial charge on any atom is 0.0725 e. The van der Waals surface area contributed by atoms with Crippen LogP contribution in [0.25, 0.3) is 16.7 Å². The highest BCUT2D eigenvalue weighted by molar-refractivity contribution is 6.00. The van der Waals surface area contributed by atoms with E-state index in [4.69, 9.17) is 5.73 Å². The van der Waals surface area contributed by atoms with Gasteiger partial charge in [0.25, 0.3) is 0 Å². The molecule has 0 aromatic heterocycles. The smallest absolute Gasteiger partial charge is 0.0725 e. The van der Waals surface area contributed by atoms with Crippen molar-refractivity contribution in [2.45, 2.75) is 26.2 Å². The molecule has 3 aromatic rings. The lowest BCUT2D eigenvalue weighted by molar-refractivity contribution is 0.574. The van der Waals surface area contributed by atoms with Crippen molar-refractivity contribution in [2.24, 2.45) is 11.1 Å². The molecule has 0 bridgehead atoms. The Balaban J connectivity index is 1.83. The Kier molecular flexibility index (Phi) is 3.29. The molecule has 0 aliphatic heterocycles. The zero-order chi connectivity index (χ0) is 20.7. The molecule has 0 atom stereocenters. The third kappa shape index (κ3) is 1.98. The molecular weight excluding hydrogens is 362 g/mol. The topological polar surface area (TPSA) is 26.0 Å². The summed E-state index contributed by atoms with van der Waals surface area (Å²) in [7, 11) is 0. The fourth-order valence-corrected chi connectivity index (χ4v) is 5.72. The lowest BCUT2D eigenvalue weighted by Crippen LogP contribution is -2.26. The highest BCUT2D eigenvalue weighted by Gasteiger charge is 2.53. The van der Waals surface area contributed by atoms with Crippen LogP contribution in [0.2, 0.25) is 0 Å². The second kappa shape index (κ2) is 5.64. The van der Waals surface area contributed by atoms with E-state index in [2.05, 4.69) is 106 Å². The number of nitrogens with two attached hydrogens (primary N) is 1.